The van der Waals surface area contributed by atoms with Crippen molar-refractivity contribution in [2.45, 2.75) is 130 Å². The number of urea groups is 1. The molecule has 0 aliphatic carbocycles. The summed E-state index contributed by atoms with van der Waals surface area (Å²) in [7, 11) is 0. The number of primary amides is 1. The zero-order valence-corrected chi connectivity index (χ0v) is 45.8. The summed E-state index contributed by atoms with van der Waals surface area (Å²) >= 11 is 0. The van der Waals surface area contributed by atoms with Crippen molar-refractivity contribution in [3.8, 4) is 11.3 Å². The predicted octanol–water partition coefficient (Wildman–Crippen LogP) is 6.34. The van der Waals surface area contributed by atoms with Gasteiger partial charge in [-0.05, 0) is 91.3 Å². The van der Waals surface area contributed by atoms with Crippen LogP contribution in [0.2, 0.25) is 0 Å². The van der Waals surface area contributed by atoms with Gasteiger partial charge >= 0.3 is 12.1 Å². The molecule has 0 fully saturated rings. The second-order valence-electron chi connectivity index (χ2n) is 20.8. The molecule has 4 atom stereocenters. The van der Waals surface area contributed by atoms with Gasteiger partial charge in [-0.1, -0.05) is 90.4 Å². The first kappa shape index (κ1) is 61.8. The maximum Gasteiger partial charge on any atom is 0.407 e. The average Bonchev–Trinajstić information content (AvgIpc) is 4.14. The molecule has 426 valence electrons. The highest BCUT2D eigenvalue weighted by Crippen LogP contribution is 2.40. The van der Waals surface area contributed by atoms with Crippen LogP contribution in [0, 0.1) is 23.0 Å². The summed E-state index contributed by atoms with van der Waals surface area (Å²) in [5.41, 5.74) is 12.6. The number of rotatable bonds is 29. The topological polar surface area (TPSA) is 282 Å². The summed E-state index contributed by atoms with van der Waals surface area (Å²) in [6.07, 6.45) is 6.17. The van der Waals surface area contributed by atoms with Crippen molar-refractivity contribution in [3.05, 3.63) is 120 Å². The first-order chi connectivity index (χ1) is 37.6. The van der Waals surface area contributed by atoms with Crippen LogP contribution in [0.4, 0.5) is 24.1 Å². The van der Waals surface area contributed by atoms with Gasteiger partial charge in [0.25, 0.3) is 11.8 Å². The molecule has 0 spiro atoms. The van der Waals surface area contributed by atoms with Crippen molar-refractivity contribution in [2.24, 2.45) is 22.8 Å². The summed E-state index contributed by atoms with van der Waals surface area (Å²) in [6, 6.07) is 15.2. The van der Waals surface area contributed by atoms with Crippen LogP contribution in [0.1, 0.15) is 116 Å². The van der Waals surface area contributed by atoms with Crippen LogP contribution in [-0.2, 0) is 46.7 Å². The molecule has 22 heteroatoms. The zero-order valence-electron chi connectivity index (χ0n) is 45.8. The molecular formula is C57H75F2N11O9. The quantitative estimate of drug-likeness (QED) is 0.0233. The number of amides is 9. The van der Waals surface area contributed by atoms with Crippen LogP contribution in [0.5, 0.6) is 0 Å². The van der Waals surface area contributed by atoms with Gasteiger partial charge in [0, 0.05) is 68.2 Å². The average molecular weight is 1100 g/mol. The van der Waals surface area contributed by atoms with Gasteiger partial charge in [0.05, 0.1) is 18.3 Å². The molecule has 1 aliphatic rings. The van der Waals surface area contributed by atoms with Crippen molar-refractivity contribution in [2.75, 3.05) is 31.5 Å². The highest BCUT2D eigenvalue weighted by atomic mass is 19.1. The third-order valence-corrected chi connectivity index (χ3v) is 13.3. The lowest BCUT2D eigenvalue weighted by Gasteiger charge is -2.40. The Morgan fingerprint density at radius 3 is 2.15 bits per heavy atom. The van der Waals surface area contributed by atoms with E-state index in [1.54, 1.807) is 49.2 Å². The SMILES string of the molecule is CC[C@H](CCN(C(=O)CN)[C@@H](c1nc(-c2cc(F)ccc2F)cn1Cc1ccccc1)C(C)(C)C)NC(=O)OCc1ccc(NC(=O)[C@H](CCCNC(N)=O)NC(=O)[C@@H](NC(=O)CCCCCN2C(=O)C=CC2=O)C(C)C)cc1. The van der Waals surface area contributed by atoms with Crippen molar-refractivity contribution in [1.82, 2.24) is 40.6 Å². The highest BCUT2D eigenvalue weighted by Gasteiger charge is 2.39. The molecule has 0 unspecified atom stereocenters. The number of imide groups is 1. The Bertz CT molecular complexity index is 2770. The molecule has 0 bridgehead atoms. The standard InChI is InChI=1S/C57H75F2N11O9/c1-7-40(27-30-70(49(74)32-60)51(57(4,5)6)52-65-45(42-31-39(58)21-24-43(42)59)34-68(52)33-37-15-10-8-11-16-37)64-56(78)79-35-38-19-22-41(23-20-38)63-53(75)44(17-14-28-62-55(61)77)66-54(76)50(36(2)3)67-46(71)18-12-9-13-29-69-47(72)25-26-48(69)73/h8,10-11,15-16,19-26,31,34,36,40,44,50-51H,7,9,12-14,17-18,27-30,32-33,35,60H2,1-6H3,(H,63,75)(H,64,78)(H,66,76)(H,67,71)(H3,61,62,77)/t40-,44+,50+,51+/m1/s1. The summed E-state index contributed by atoms with van der Waals surface area (Å²) in [6.45, 7) is 11.6. The lowest BCUT2D eigenvalue weighted by Crippen LogP contribution is -2.54. The number of benzene rings is 3. The number of imidazole rings is 1. The van der Waals surface area contributed by atoms with Gasteiger partial charge in [0.1, 0.15) is 36.1 Å². The van der Waals surface area contributed by atoms with E-state index < -0.39 is 65.2 Å². The number of carbonyl (C=O) groups excluding carboxylic acids is 8. The fourth-order valence-corrected chi connectivity index (χ4v) is 9.04. The number of hydrogen-bond acceptors (Lipinski definition) is 11. The van der Waals surface area contributed by atoms with Gasteiger partial charge in [-0.3, -0.25) is 33.7 Å². The molecular weight excluding hydrogens is 1020 g/mol. The third-order valence-electron chi connectivity index (χ3n) is 13.3. The Labute approximate surface area is 459 Å². The van der Waals surface area contributed by atoms with E-state index in [1.165, 1.54) is 12.2 Å². The number of hydrogen-bond donors (Lipinski definition) is 7. The number of nitrogens with two attached hydrogens (primary N) is 2. The summed E-state index contributed by atoms with van der Waals surface area (Å²) in [5, 5.41) is 13.7. The van der Waals surface area contributed by atoms with Gasteiger partial charge in [-0.25, -0.2) is 23.4 Å². The Morgan fingerprint density at radius 2 is 1.52 bits per heavy atom. The molecule has 0 saturated heterocycles. The van der Waals surface area contributed by atoms with E-state index >= 15 is 4.39 Å². The number of carbonyl (C=O) groups is 8. The maximum absolute atomic E-state index is 15.2. The molecule has 5 rings (SSSR count). The summed E-state index contributed by atoms with van der Waals surface area (Å²) < 4.78 is 37.1. The van der Waals surface area contributed by atoms with E-state index in [9.17, 15) is 42.7 Å². The molecule has 1 aliphatic heterocycles. The van der Waals surface area contributed by atoms with Gasteiger partial charge in [0.15, 0.2) is 0 Å². The van der Waals surface area contributed by atoms with Gasteiger partial charge in [-0.2, -0.15) is 0 Å². The summed E-state index contributed by atoms with van der Waals surface area (Å²) in [5.74, 6) is -3.85. The van der Waals surface area contributed by atoms with Crippen LogP contribution >= 0.6 is 0 Å². The molecule has 0 radical (unpaired) electrons. The second-order valence-corrected chi connectivity index (χ2v) is 20.8. The van der Waals surface area contributed by atoms with Crippen LogP contribution in [0.25, 0.3) is 11.3 Å². The smallest absolute Gasteiger partial charge is 0.407 e. The predicted molar refractivity (Wildman–Crippen MR) is 293 cm³/mol. The first-order valence-electron chi connectivity index (χ1n) is 26.6. The van der Waals surface area contributed by atoms with E-state index in [2.05, 4.69) is 26.6 Å². The zero-order chi connectivity index (χ0) is 57.8. The number of aromatic nitrogens is 2. The van der Waals surface area contributed by atoms with E-state index in [1.807, 2.05) is 62.6 Å². The van der Waals surface area contributed by atoms with Crippen molar-refractivity contribution >= 4 is 53.3 Å². The Hall–Kier alpha value is -8.01. The number of nitrogens with zero attached hydrogens (tertiary/aromatic N) is 4. The Kier molecular flexibility index (Phi) is 23.2. The monoisotopic (exact) mass is 1100 g/mol. The molecule has 9 N–H and O–H groups in total. The molecule has 2 heterocycles. The van der Waals surface area contributed by atoms with Crippen molar-refractivity contribution in [1.29, 1.82) is 0 Å². The molecule has 79 heavy (non-hydrogen) atoms. The van der Waals surface area contributed by atoms with E-state index in [4.69, 9.17) is 21.2 Å². The highest BCUT2D eigenvalue weighted by molar-refractivity contribution is 6.12. The molecule has 9 amide bonds. The second kappa shape index (κ2) is 29.7. The molecule has 0 saturated carbocycles. The lowest BCUT2D eigenvalue weighted by atomic mass is 9.84. The van der Waals surface area contributed by atoms with Crippen molar-refractivity contribution < 1.29 is 51.9 Å². The summed E-state index contributed by atoms with van der Waals surface area (Å²) in [4.78, 5) is 110. The Morgan fingerprint density at radius 1 is 0.823 bits per heavy atom. The minimum Gasteiger partial charge on any atom is -0.445 e. The van der Waals surface area contributed by atoms with Crippen LogP contribution in [0.3, 0.4) is 0 Å². The number of unbranched alkanes of at least 4 members (excludes halogenated alkanes) is 2. The van der Waals surface area contributed by atoms with E-state index in [0.717, 1.165) is 28.7 Å². The van der Waals surface area contributed by atoms with Crippen LogP contribution in [-0.4, -0.2) is 111 Å². The fraction of sp³-hybridized carbons (Fsp3) is 0.456. The van der Waals surface area contributed by atoms with Gasteiger partial charge < -0.3 is 52.3 Å². The molecule has 3 aromatic carbocycles. The normalized spacial score (nSPS) is 13.8. The minimum absolute atomic E-state index is 0.0272. The van der Waals surface area contributed by atoms with E-state index in [0.29, 0.717) is 55.7 Å². The number of alkyl carbamates (subject to hydrolysis) is 1. The number of ether oxygens (including phenoxy) is 1. The maximum atomic E-state index is 15.2. The van der Waals surface area contributed by atoms with Crippen LogP contribution in [0.15, 0.2) is 91.1 Å². The molecule has 1 aromatic heterocycles. The number of nitrogens with one attached hydrogen (secondary N) is 5. The molecule has 4 aromatic rings. The largest absolute Gasteiger partial charge is 0.445 e. The van der Waals surface area contributed by atoms with Gasteiger partial charge in [0.2, 0.25) is 23.6 Å². The number of halogens is 2. The Balaban J connectivity index is 1.18. The van der Waals surface area contributed by atoms with Crippen LogP contribution < -0.4 is 38.1 Å². The first-order valence-corrected chi connectivity index (χ1v) is 26.6. The fourth-order valence-electron chi connectivity index (χ4n) is 9.04. The molecule has 20 nitrogen and oxygen atoms in total. The van der Waals surface area contributed by atoms with Gasteiger partial charge in [-0.15, -0.1) is 0 Å². The van der Waals surface area contributed by atoms with E-state index in [-0.39, 0.29) is 92.9 Å². The van der Waals surface area contributed by atoms with Crippen molar-refractivity contribution in [3.63, 3.8) is 0 Å². The number of anilines is 1. The third kappa shape index (κ3) is 18.9. The lowest BCUT2D eigenvalue weighted by molar-refractivity contribution is -0.137. The minimum atomic E-state index is -1.09.